The molecule has 0 aliphatic carbocycles. The summed E-state index contributed by atoms with van der Waals surface area (Å²) in [6.45, 7) is 1.36. The molecule has 4 nitrogen and oxygen atoms in total. The molecule has 73 valence electrons. The van der Waals surface area contributed by atoms with Gasteiger partial charge in [-0.15, -0.1) is 0 Å². The van der Waals surface area contributed by atoms with Crippen LogP contribution < -0.4 is 0 Å². The summed E-state index contributed by atoms with van der Waals surface area (Å²) in [6.07, 6.45) is -0.625. The molecule has 0 aliphatic rings. The van der Waals surface area contributed by atoms with E-state index in [-0.39, 0.29) is 0 Å². The van der Waals surface area contributed by atoms with Gasteiger partial charge < -0.3 is 20.4 Å². The Bertz CT molecular complexity index is 107. The molecular weight excluding hydrogens is 160 g/mol. The van der Waals surface area contributed by atoms with Crippen molar-refractivity contribution >= 4 is 0 Å². The zero-order chi connectivity index (χ0) is 9.56. The summed E-state index contributed by atoms with van der Waals surface area (Å²) in [5.74, 6) is 0. The molecule has 0 aliphatic heterocycles. The minimum Gasteiger partial charge on any atom is -0.393 e. The normalized spacial score (nSPS) is 16.5. The van der Waals surface area contributed by atoms with Crippen LogP contribution in [0.5, 0.6) is 0 Å². The van der Waals surface area contributed by atoms with Crippen LogP contribution >= 0.6 is 0 Å². The van der Waals surface area contributed by atoms with Crippen LogP contribution in [0.15, 0.2) is 0 Å². The van der Waals surface area contributed by atoms with E-state index in [1.807, 2.05) is 6.92 Å². The standard InChI is InChI=1S/C8H17O4/c1-2-3-4-6(10)8(12)7(11)5-9/h6,8-12H,2-5H2,1H3. The van der Waals surface area contributed by atoms with E-state index in [0.717, 1.165) is 12.8 Å². The summed E-state index contributed by atoms with van der Waals surface area (Å²) in [4.78, 5) is 0. The van der Waals surface area contributed by atoms with Crippen LogP contribution in [0.3, 0.4) is 0 Å². The van der Waals surface area contributed by atoms with Crippen molar-refractivity contribution in [2.24, 2.45) is 0 Å². The van der Waals surface area contributed by atoms with Crippen molar-refractivity contribution in [1.82, 2.24) is 0 Å². The lowest BCUT2D eigenvalue weighted by Gasteiger charge is -2.20. The average Bonchev–Trinajstić information content (AvgIpc) is 2.11. The highest BCUT2D eigenvalue weighted by molar-refractivity contribution is 4.88. The van der Waals surface area contributed by atoms with Crippen molar-refractivity contribution in [3.05, 3.63) is 6.10 Å². The molecule has 0 saturated heterocycles. The topological polar surface area (TPSA) is 80.9 Å². The molecule has 4 N–H and O–H groups in total. The van der Waals surface area contributed by atoms with Gasteiger partial charge in [-0.1, -0.05) is 19.8 Å². The molecule has 0 heterocycles. The summed E-state index contributed by atoms with van der Waals surface area (Å²) in [5.41, 5.74) is 0. The number of aliphatic hydroxyl groups excluding tert-OH is 4. The molecule has 0 saturated carbocycles. The average molecular weight is 177 g/mol. The minimum atomic E-state index is -1.32. The Morgan fingerprint density at radius 1 is 1.33 bits per heavy atom. The van der Waals surface area contributed by atoms with Gasteiger partial charge in [-0.05, 0) is 6.42 Å². The smallest absolute Gasteiger partial charge is 0.149 e. The summed E-state index contributed by atoms with van der Waals surface area (Å²) in [6, 6.07) is 0. The summed E-state index contributed by atoms with van der Waals surface area (Å²) in [7, 11) is 0. The second kappa shape index (κ2) is 6.37. The van der Waals surface area contributed by atoms with Crippen LogP contribution in [0, 0.1) is 6.10 Å². The number of rotatable bonds is 6. The highest BCUT2D eigenvalue weighted by Crippen LogP contribution is 2.11. The monoisotopic (exact) mass is 177 g/mol. The second-order valence-electron chi connectivity index (χ2n) is 2.80. The van der Waals surface area contributed by atoms with Crippen molar-refractivity contribution in [2.45, 2.75) is 38.4 Å². The van der Waals surface area contributed by atoms with Gasteiger partial charge in [-0.2, -0.15) is 0 Å². The van der Waals surface area contributed by atoms with Crippen molar-refractivity contribution in [3.63, 3.8) is 0 Å². The first-order valence-electron chi connectivity index (χ1n) is 4.15. The van der Waals surface area contributed by atoms with E-state index in [9.17, 15) is 5.11 Å². The molecule has 0 spiro atoms. The summed E-state index contributed by atoms with van der Waals surface area (Å²) in [5, 5.41) is 35.6. The molecule has 1 radical (unpaired) electrons. The Labute approximate surface area is 72.5 Å². The Balaban J connectivity index is 3.67. The van der Waals surface area contributed by atoms with Crippen LogP contribution in [0.2, 0.25) is 0 Å². The highest BCUT2D eigenvalue weighted by atomic mass is 16.4. The van der Waals surface area contributed by atoms with Gasteiger partial charge in [-0.25, -0.2) is 0 Å². The lowest BCUT2D eigenvalue weighted by atomic mass is 10.0. The van der Waals surface area contributed by atoms with Crippen molar-refractivity contribution < 1.29 is 20.4 Å². The van der Waals surface area contributed by atoms with Gasteiger partial charge in [0.2, 0.25) is 0 Å². The van der Waals surface area contributed by atoms with E-state index < -0.39 is 24.9 Å². The van der Waals surface area contributed by atoms with Gasteiger partial charge in [0.05, 0.1) is 12.7 Å². The lowest BCUT2D eigenvalue weighted by Crippen LogP contribution is -2.33. The van der Waals surface area contributed by atoms with Crippen molar-refractivity contribution in [3.8, 4) is 0 Å². The molecule has 2 atom stereocenters. The molecule has 0 amide bonds. The van der Waals surface area contributed by atoms with Crippen LogP contribution in [0.1, 0.15) is 26.2 Å². The molecule has 0 fully saturated rings. The fourth-order valence-corrected chi connectivity index (χ4v) is 0.887. The van der Waals surface area contributed by atoms with Gasteiger partial charge in [0, 0.05) is 0 Å². The molecule has 0 aromatic heterocycles. The Morgan fingerprint density at radius 2 is 1.92 bits per heavy atom. The second-order valence-corrected chi connectivity index (χ2v) is 2.80. The molecular formula is C8H17O4. The summed E-state index contributed by atoms with van der Waals surface area (Å²) < 4.78 is 0. The summed E-state index contributed by atoms with van der Waals surface area (Å²) >= 11 is 0. The predicted molar refractivity (Wildman–Crippen MR) is 43.8 cm³/mol. The molecule has 4 heteroatoms. The third-order valence-corrected chi connectivity index (χ3v) is 1.72. The predicted octanol–water partition coefficient (Wildman–Crippen LogP) is -0.205. The molecule has 2 unspecified atom stereocenters. The first kappa shape index (κ1) is 11.8. The van der Waals surface area contributed by atoms with Crippen LogP contribution in [-0.4, -0.2) is 39.2 Å². The van der Waals surface area contributed by atoms with Gasteiger partial charge in [0.1, 0.15) is 12.2 Å². The van der Waals surface area contributed by atoms with E-state index in [4.69, 9.17) is 15.3 Å². The molecule has 12 heavy (non-hydrogen) atoms. The fraction of sp³-hybridized carbons (Fsp3) is 0.875. The number of unbranched alkanes of at least 4 members (excludes halogenated alkanes) is 1. The number of hydrogen-bond donors (Lipinski definition) is 4. The van der Waals surface area contributed by atoms with E-state index >= 15 is 0 Å². The first-order chi connectivity index (χ1) is 5.63. The Hall–Kier alpha value is -0.160. The third-order valence-electron chi connectivity index (χ3n) is 1.72. The van der Waals surface area contributed by atoms with Crippen LogP contribution in [0.4, 0.5) is 0 Å². The third kappa shape index (κ3) is 4.01. The van der Waals surface area contributed by atoms with Gasteiger partial charge in [0.25, 0.3) is 0 Å². The van der Waals surface area contributed by atoms with Crippen LogP contribution in [-0.2, 0) is 0 Å². The maximum atomic E-state index is 9.21. The largest absolute Gasteiger partial charge is 0.393 e. The van der Waals surface area contributed by atoms with E-state index in [1.54, 1.807) is 0 Å². The Kier molecular flexibility index (Phi) is 6.28. The number of aliphatic hydroxyl groups is 4. The maximum Gasteiger partial charge on any atom is 0.149 e. The van der Waals surface area contributed by atoms with Gasteiger partial charge in [-0.3, -0.25) is 0 Å². The van der Waals surface area contributed by atoms with Gasteiger partial charge in [0.15, 0.2) is 0 Å². The van der Waals surface area contributed by atoms with E-state index in [2.05, 4.69) is 0 Å². The molecule has 0 bridgehead atoms. The quantitative estimate of drug-likeness (QED) is 0.453. The first-order valence-corrected chi connectivity index (χ1v) is 4.15. The number of hydrogen-bond acceptors (Lipinski definition) is 4. The molecule has 0 aromatic rings. The van der Waals surface area contributed by atoms with Crippen LogP contribution in [0.25, 0.3) is 0 Å². The highest BCUT2D eigenvalue weighted by Gasteiger charge is 2.24. The van der Waals surface area contributed by atoms with E-state index in [0.29, 0.717) is 6.42 Å². The van der Waals surface area contributed by atoms with Crippen molar-refractivity contribution in [1.29, 1.82) is 0 Å². The fourth-order valence-electron chi connectivity index (χ4n) is 0.887. The molecule has 0 rings (SSSR count). The Morgan fingerprint density at radius 3 is 2.33 bits per heavy atom. The van der Waals surface area contributed by atoms with Crippen molar-refractivity contribution in [2.75, 3.05) is 6.61 Å². The SMILES string of the molecule is CCCCC(O)C(O)[C](O)CO. The minimum absolute atomic E-state index is 0.432. The zero-order valence-corrected chi connectivity index (χ0v) is 7.27. The maximum absolute atomic E-state index is 9.21. The van der Waals surface area contributed by atoms with Gasteiger partial charge >= 0.3 is 0 Å². The lowest BCUT2D eigenvalue weighted by molar-refractivity contribution is -0.0281. The molecule has 0 aromatic carbocycles. The van der Waals surface area contributed by atoms with E-state index in [1.165, 1.54) is 0 Å². The zero-order valence-electron chi connectivity index (χ0n) is 7.27.